The smallest absolute Gasteiger partial charge is 0.303 e. The average Bonchev–Trinajstić information content (AvgIpc) is 2.14. The Bertz CT molecular complexity index is 537. The van der Waals surface area contributed by atoms with Crippen LogP contribution in [0.15, 0.2) is 6.07 Å². The van der Waals surface area contributed by atoms with Gasteiger partial charge in [0.15, 0.2) is 11.6 Å². The van der Waals surface area contributed by atoms with Crippen molar-refractivity contribution in [3.8, 4) is 0 Å². The highest BCUT2D eigenvalue weighted by Crippen LogP contribution is 2.34. The van der Waals surface area contributed by atoms with Crippen molar-refractivity contribution >= 4 is 28.6 Å². The van der Waals surface area contributed by atoms with E-state index in [0.717, 1.165) is 13.0 Å². The molecule has 1 rings (SSSR count). The lowest BCUT2D eigenvalue weighted by Crippen LogP contribution is -2.11. The first-order valence-electron chi connectivity index (χ1n) is 4.65. The molecule has 0 aliphatic carbocycles. The third-order valence-corrected chi connectivity index (χ3v) is 2.28. The van der Waals surface area contributed by atoms with Gasteiger partial charge < -0.3 is 11.5 Å². The Balaban J connectivity index is 3.76. The van der Waals surface area contributed by atoms with Crippen LogP contribution in [-0.4, -0.2) is 16.5 Å². The number of carbonyl (C=O) groups is 2. The highest BCUT2D eigenvalue weighted by molar-refractivity contribution is 6.10. The van der Waals surface area contributed by atoms with Crippen LogP contribution in [0.1, 0.15) is 34.6 Å². The molecule has 0 unspecified atom stereocenters. The van der Waals surface area contributed by atoms with E-state index in [1.54, 1.807) is 0 Å². The number of nitro benzene ring substituents is 1. The predicted molar refractivity (Wildman–Crippen MR) is 61.9 cm³/mol. The number of nitro groups is 1. The van der Waals surface area contributed by atoms with Crippen molar-refractivity contribution in [3.05, 3.63) is 27.3 Å². The van der Waals surface area contributed by atoms with Gasteiger partial charge in [0.2, 0.25) is 0 Å². The number of hydrogen-bond donors (Lipinski definition) is 2. The van der Waals surface area contributed by atoms with E-state index in [4.69, 9.17) is 11.5 Å². The lowest BCUT2D eigenvalue weighted by atomic mass is 9.99. The first kappa shape index (κ1) is 12.6. The zero-order valence-corrected chi connectivity index (χ0v) is 9.31. The minimum Gasteiger partial charge on any atom is -0.398 e. The zero-order chi connectivity index (χ0) is 13.3. The number of Topliss-reactive ketones (excluding diaryl/α,β-unsaturated/α-hetero) is 2. The van der Waals surface area contributed by atoms with E-state index in [2.05, 4.69) is 0 Å². The second-order valence-electron chi connectivity index (χ2n) is 3.52. The number of hydrogen-bond acceptors (Lipinski definition) is 6. The largest absolute Gasteiger partial charge is 0.398 e. The van der Waals surface area contributed by atoms with Crippen LogP contribution in [-0.2, 0) is 0 Å². The van der Waals surface area contributed by atoms with Gasteiger partial charge in [0, 0.05) is 5.69 Å². The Morgan fingerprint density at radius 2 is 1.76 bits per heavy atom. The number of carbonyl (C=O) groups excluding carboxylic acids is 2. The SMILES string of the molecule is CC(=O)c1cc(N)c(C(C)=O)c(N)c1[N+](=O)[O-]. The number of ketones is 2. The van der Waals surface area contributed by atoms with Crippen molar-refractivity contribution in [1.29, 1.82) is 0 Å². The molecule has 0 heterocycles. The minimum atomic E-state index is -0.794. The van der Waals surface area contributed by atoms with E-state index in [1.807, 2.05) is 0 Å². The zero-order valence-electron chi connectivity index (χ0n) is 9.31. The molecule has 1 aromatic rings. The van der Waals surface area contributed by atoms with Gasteiger partial charge in [-0.1, -0.05) is 0 Å². The van der Waals surface area contributed by atoms with E-state index in [1.165, 1.54) is 6.92 Å². The van der Waals surface area contributed by atoms with Gasteiger partial charge in [-0.05, 0) is 19.9 Å². The van der Waals surface area contributed by atoms with E-state index in [-0.39, 0.29) is 22.5 Å². The topological polar surface area (TPSA) is 129 Å². The van der Waals surface area contributed by atoms with Gasteiger partial charge in [-0.15, -0.1) is 0 Å². The summed E-state index contributed by atoms with van der Waals surface area (Å²) in [4.78, 5) is 32.6. The number of nitrogens with two attached hydrogens (primary N) is 2. The predicted octanol–water partition coefficient (Wildman–Crippen LogP) is 1.16. The first-order chi connectivity index (χ1) is 7.77. The lowest BCUT2D eigenvalue weighted by molar-refractivity contribution is -0.384. The van der Waals surface area contributed by atoms with E-state index in [0.29, 0.717) is 0 Å². The Morgan fingerprint density at radius 1 is 1.24 bits per heavy atom. The van der Waals surface area contributed by atoms with E-state index < -0.39 is 22.2 Å². The molecular formula is C10H11N3O4. The number of nitrogen functional groups attached to an aromatic ring is 2. The van der Waals surface area contributed by atoms with Crippen LogP contribution in [0.4, 0.5) is 17.1 Å². The molecule has 7 nitrogen and oxygen atoms in total. The normalized spacial score (nSPS) is 10.0. The van der Waals surface area contributed by atoms with Crippen LogP contribution in [0.25, 0.3) is 0 Å². The molecule has 0 saturated carbocycles. The number of nitrogens with zero attached hydrogens (tertiary/aromatic N) is 1. The number of benzene rings is 1. The monoisotopic (exact) mass is 237 g/mol. The maximum absolute atomic E-state index is 11.3. The van der Waals surface area contributed by atoms with Gasteiger partial charge in [0.25, 0.3) is 0 Å². The molecule has 90 valence electrons. The fourth-order valence-corrected chi connectivity index (χ4v) is 1.57. The molecule has 1 aromatic carbocycles. The average molecular weight is 237 g/mol. The summed E-state index contributed by atoms with van der Waals surface area (Å²) in [5.41, 5.74) is 9.79. The summed E-state index contributed by atoms with van der Waals surface area (Å²) in [6, 6.07) is 1.10. The molecule has 0 saturated heterocycles. The van der Waals surface area contributed by atoms with Crippen LogP contribution < -0.4 is 11.5 Å². The Hall–Kier alpha value is -2.44. The van der Waals surface area contributed by atoms with Crippen molar-refractivity contribution in [3.63, 3.8) is 0 Å². The molecule has 17 heavy (non-hydrogen) atoms. The molecule has 0 atom stereocenters. The summed E-state index contributed by atoms with van der Waals surface area (Å²) < 4.78 is 0. The minimum absolute atomic E-state index is 0.0363. The summed E-state index contributed by atoms with van der Waals surface area (Å²) in [6.45, 7) is 2.36. The van der Waals surface area contributed by atoms with Gasteiger partial charge in [-0.3, -0.25) is 19.7 Å². The molecule has 0 radical (unpaired) electrons. The van der Waals surface area contributed by atoms with Crippen molar-refractivity contribution in [1.82, 2.24) is 0 Å². The first-order valence-corrected chi connectivity index (χ1v) is 4.65. The fourth-order valence-electron chi connectivity index (χ4n) is 1.57. The molecule has 0 amide bonds. The molecule has 4 N–H and O–H groups in total. The fraction of sp³-hybridized carbons (Fsp3) is 0.200. The maximum Gasteiger partial charge on any atom is 0.303 e. The molecule has 0 spiro atoms. The number of rotatable bonds is 3. The van der Waals surface area contributed by atoms with Crippen molar-refractivity contribution in [2.45, 2.75) is 13.8 Å². The van der Waals surface area contributed by atoms with Gasteiger partial charge in [-0.2, -0.15) is 0 Å². The molecule has 0 aliphatic heterocycles. The summed E-state index contributed by atoms with van der Waals surface area (Å²) >= 11 is 0. The second-order valence-corrected chi connectivity index (χ2v) is 3.52. The molecule has 0 aromatic heterocycles. The third kappa shape index (κ3) is 2.07. The standard InChI is InChI=1S/C10H11N3O4/c1-4(14)6-3-7(11)8(5(2)15)9(12)10(6)13(16)17/h3H,11-12H2,1-2H3. The van der Waals surface area contributed by atoms with Crippen molar-refractivity contribution < 1.29 is 14.5 Å². The summed E-state index contributed by atoms with van der Waals surface area (Å²) in [5, 5.41) is 10.9. The molecule has 0 bridgehead atoms. The maximum atomic E-state index is 11.3. The van der Waals surface area contributed by atoms with Crippen LogP contribution in [0.3, 0.4) is 0 Å². The van der Waals surface area contributed by atoms with E-state index in [9.17, 15) is 19.7 Å². The molecule has 0 fully saturated rings. The summed E-state index contributed by atoms with van der Waals surface area (Å²) in [7, 11) is 0. The Kier molecular flexibility index (Phi) is 3.12. The Labute approximate surface area is 96.5 Å². The highest BCUT2D eigenvalue weighted by Gasteiger charge is 2.27. The van der Waals surface area contributed by atoms with Crippen molar-refractivity contribution in [2.24, 2.45) is 0 Å². The van der Waals surface area contributed by atoms with Gasteiger partial charge in [0.05, 0.1) is 16.1 Å². The third-order valence-electron chi connectivity index (χ3n) is 2.28. The second kappa shape index (κ2) is 4.20. The molecular weight excluding hydrogens is 226 g/mol. The van der Waals surface area contributed by atoms with Crippen LogP contribution in [0.2, 0.25) is 0 Å². The molecule has 0 aliphatic rings. The quantitative estimate of drug-likeness (QED) is 0.351. The van der Waals surface area contributed by atoms with Crippen LogP contribution >= 0.6 is 0 Å². The highest BCUT2D eigenvalue weighted by atomic mass is 16.6. The van der Waals surface area contributed by atoms with Gasteiger partial charge in [-0.25, -0.2) is 0 Å². The van der Waals surface area contributed by atoms with E-state index >= 15 is 0 Å². The van der Waals surface area contributed by atoms with Gasteiger partial charge in [0.1, 0.15) is 5.69 Å². The van der Waals surface area contributed by atoms with Crippen molar-refractivity contribution in [2.75, 3.05) is 11.5 Å². The summed E-state index contributed by atoms with van der Waals surface area (Å²) in [5.74, 6) is -1.02. The number of anilines is 2. The lowest BCUT2D eigenvalue weighted by Gasteiger charge is -2.09. The van der Waals surface area contributed by atoms with Crippen LogP contribution in [0, 0.1) is 10.1 Å². The van der Waals surface area contributed by atoms with Crippen LogP contribution in [0.5, 0.6) is 0 Å². The Morgan fingerprint density at radius 3 is 2.12 bits per heavy atom. The summed E-state index contributed by atoms with van der Waals surface area (Å²) in [6.07, 6.45) is 0. The molecule has 7 heteroatoms. The van der Waals surface area contributed by atoms with Gasteiger partial charge >= 0.3 is 5.69 Å².